The summed E-state index contributed by atoms with van der Waals surface area (Å²) < 4.78 is 7.33. The van der Waals surface area contributed by atoms with E-state index < -0.39 is 18.5 Å². The van der Waals surface area contributed by atoms with Crippen molar-refractivity contribution in [3.63, 3.8) is 0 Å². The van der Waals surface area contributed by atoms with Crippen molar-refractivity contribution in [3.05, 3.63) is 71.8 Å². The number of benzene rings is 1. The van der Waals surface area contributed by atoms with Gasteiger partial charge in [0.1, 0.15) is 5.75 Å². The standard InChI is InChI=1S/C20H16N4O4/c21-20(27)18-17-13(10-22-23-18)14(9-12-5-2-1-3-6-12)24-8-4-7-15(19(17)24)28-11-16(25)26/h1-8,10H,9,11H2,(H2,21,27)(H,25,26). The van der Waals surface area contributed by atoms with Crippen LogP contribution < -0.4 is 10.5 Å². The fraction of sp³-hybridized carbons (Fsp3) is 0.100. The van der Waals surface area contributed by atoms with Crippen molar-refractivity contribution in [2.24, 2.45) is 5.73 Å². The van der Waals surface area contributed by atoms with Crippen LogP contribution in [0.5, 0.6) is 5.75 Å². The third-order valence-corrected chi connectivity index (χ3v) is 4.45. The summed E-state index contributed by atoms with van der Waals surface area (Å²) in [5.74, 6) is -1.49. The first-order valence-electron chi connectivity index (χ1n) is 8.52. The van der Waals surface area contributed by atoms with Gasteiger partial charge in [0.15, 0.2) is 12.3 Å². The predicted octanol–water partition coefficient (Wildman–Crippen LogP) is 2.04. The number of ether oxygens (including phenoxy) is 1. The third kappa shape index (κ3) is 3.01. The van der Waals surface area contributed by atoms with Gasteiger partial charge in [0.25, 0.3) is 5.91 Å². The molecule has 0 atom stereocenters. The molecule has 3 aromatic heterocycles. The number of hydrogen-bond donors (Lipinski definition) is 2. The molecule has 8 nitrogen and oxygen atoms in total. The normalized spacial score (nSPS) is 11.0. The molecule has 0 saturated carbocycles. The Labute approximate surface area is 159 Å². The van der Waals surface area contributed by atoms with Gasteiger partial charge in [-0.2, -0.15) is 5.10 Å². The fourth-order valence-corrected chi connectivity index (χ4v) is 3.33. The number of carbonyl (C=O) groups excluding carboxylic acids is 1. The number of carboxylic acids is 1. The summed E-state index contributed by atoms with van der Waals surface area (Å²) in [5, 5.41) is 18.0. The molecule has 0 saturated heterocycles. The van der Waals surface area contributed by atoms with Gasteiger partial charge in [0, 0.05) is 29.1 Å². The number of fused-ring (bicyclic) bond motifs is 3. The Kier molecular flexibility index (Phi) is 4.36. The van der Waals surface area contributed by atoms with Crippen LogP contribution in [0.2, 0.25) is 0 Å². The minimum Gasteiger partial charge on any atom is -0.480 e. The molecule has 0 unspecified atom stereocenters. The van der Waals surface area contributed by atoms with Gasteiger partial charge in [-0.25, -0.2) is 4.79 Å². The first kappa shape index (κ1) is 17.5. The van der Waals surface area contributed by atoms with E-state index in [9.17, 15) is 9.59 Å². The largest absolute Gasteiger partial charge is 0.480 e. The molecular formula is C20H16N4O4. The maximum Gasteiger partial charge on any atom is 0.341 e. The number of rotatable bonds is 6. The van der Waals surface area contributed by atoms with E-state index in [1.54, 1.807) is 18.3 Å². The van der Waals surface area contributed by atoms with Crippen LogP contribution in [0.25, 0.3) is 16.3 Å². The van der Waals surface area contributed by atoms with Crippen LogP contribution in [0, 0.1) is 0 Å². The number of nitrogens with two attached hydrogens (primary N) is 1. The number of hydrogen-bond acceptors (Lipinski definition) is 5. The number of amides is 1. The van der Waals surface area contributed by atoms with Crippen molar-refractivity contribution >= 4 is 28.2 Å². The van der Waals surface area contributed by atoms with Gasteiger partial charge in [-0.3, -0.25) is 4.79 Å². The third-order valence-electron chi connectivity index (χ3n) is 4.45. The van der Waals surface area contributed by atoms with Crippen molar-refractivity contribution in [1.29, 1.82) is 0 Å². The zero-order chi connectivity index (χ0) is 19.7. The molecule has 4 aromatic rings. The van der Waals surface area contributed by atoms with E-state index in [4.69, 9.17) is 15.6 Å². The Morgan fingerprint density at radius 1 is 1.14 bits per heavy atom. The second-order valence-corrected chi connectivity index (χ2v) is 6.23. The molecule has 3 N–H and O–H groups in total. The van der Waals surface area contributed by atoms with Crippen LogP contribution in [0.4, 0.5) is 0 Å². The number of primary amides is 1. The quantitative estimate of drug-likeness (QED) is 0.531. The van der Waals surface area contributed by atoms with Crippen LogP contribution >= 0.6 is 0 Å². The number of aromatic nitrogens is 3. The molecule has 0 aliphatic carbocycles. The minimum absolute atomic E-state index is 0.0145. The lowest BCUT2D eigenvalue weighted by atomic mass is 10.1. The first-order valence-corrected chi connectivity index (χ1v) is 8.52. The zero-order valence-corrected chi connectivity index (χ0v) is 14.7. The van der Waals surface area contributed by atoms with E-state index in [0.29, 0.717) is 28.5 Å². The second kappa shape index (κ2) is 6.99. The Morgan fingerprint density at radius 3 is 2.64 bits per heavy atom. The molecule has 1 aromatic carbocycles. The topological polar surface area (TPSA) is 120 Å². The average Bonchev–Trinajstić information content (AvgIpc) is 3.01. The Hall–Kier alpha value is -3.94. The van der Waals surface area contributed by atoms with Crippen molar-refractivity contribution in [2.45, 2.75) is 6.42 Å². The molecule has 140 valence electrons. The van der Waals surface area contributed by atoms with Gasteiger partial charge < -0.3 is 20.0 Å². The van der Waals surface area contributed by atoms with Crippen LogP contribution in [-0.2, 0) is 11.2 Å². The Morgan fingerprint density at radius 2 is 1.93 bits per heavy atom. The molecule has 0 fully saturated rings. The molecule has 0 spiro atoms. The summed E-state index contributed by atoms with van der Waals surface area (Å²) in [6.07, 6.45) is 3.97. The Balaban J connectivity index is 2.03. The van der Waals surface area contributed by atoms with Gasteiger partial charge in [0.05, 0.1) is 11.7 Å². The van der Waals surface area contributed by atoms with E-state index in [1.165, 1.54) is 0 Å². The monoisotopic (exact) mass is 376 g/mol. The Bertz CT molecular complexity index is 1200. The highest BCUT2D eigenvalue weighted by molar-refractivity contribution is 6.13. The molecule has 0 bridgehead atoms. The molecular weight excluding hydrogens is 360 g/mol. The van der Waals surface area contributed by atoms with E-state index in [1.807, 2.05) is 40.9 Å². The summed E-state index contributed by atoms with van der Waals surface area (Å²) in [6, 6.07) is 13.2. The van der Waals surface area contributed by atoms with Crippen LogP contribution in [0.15, 0.2) is 54.9 Å². The van der Waals surface area contributed by atoms with Crippen LogP contribution in [-0.4, -0.2) is 38.2 Å². The zero-order valence-electron chi connectivity index (χ0n) is 14.7. The van der Waals surface area contributed by atoms with Crippen molar-refractivity contribution in [3.8, 4) is 5.75 Å². The molecule has 0 aliphatic rings. The lowest BCUT2D eigenvalue weighted by Crippen LogP contribution is -2.14. The SMILES string of the molecule is NC(=O)c1nncc2c(Cc3ccccc3)n3cccc(OCC(=O)O)c3c12. The molecule has 28 heavy (non-hydrogen) atoms. The summed E-state index contributed by atoms with van der Waals surface area (Å²) in [5.41, 5.74) is 8.01. The number of carbonyl (C=O) groups is 2. The van der Waals surface area contributed by atoms with E-state index in [2.05, 4.69) is 10.2 Å². The van der Waals surface area contributed by atoms with E-state index in [-0.39, 0.29) is 5.69 Å². The van der Waals surface area contributed by atoms with Crippen LogP contribution in [0.3, 0.4) is 0 Å². The van der Waals surface area contributed by atoms with Gasteiger partial charge >= 0.3 is 5.97 Å². The predicted molar refractivity (Wildman–Crippen MR) is 101 cm³/mol. The minimum atomic E-state index is -1.10. The maximum absolute atomic E-state index is 12.0. The molecule has 0 aliphatic heterocycles. The highest BCUT2D eigenvalue weighted by Gasteiger charge is 2.22. The summed E-state index contributed by atoms with van der Waals surface area (Å²) in [7, 11) is 0. The number of aliphatic carboxylic acids is 1. The van der Waals surface area contributed by atoms with Gasteiger partial charge in [-0.1, -0.05) is 30.3 Å². The lowest BCUT2D eigenvalue weighted by molar-refractivity contribution is -0.139. The maximum atomic E-state index is 12.0. The summed E-state index contributed by atoms with van der Waals surface area (Å²) >= 11 is 0. The number of nitrogens with zero attached hydrogens (tertiary/aromatic N) is 3. The first-order chi connectivity index (χ1) is 13.6. The van der Waals surface area contributed by atoms with Crippen molar-refractivity contribution in [2.75, 3.05) is 6.61 Å². The molecule has 8 heteroatoms. The highest BCUT2D eigenvalue weighted by Crippen LogP contribution is 2.35. The lowest BCUT2D eigenvalue weighted by Gasteiger charge is -2.08. The molecule has 4 rings (SSSR count). The average molecular weight is 376 g/mol. The molecule has 0 radical (unpaired) electrons. The van der Waals surface area contributed by atoms with Crippen LogP contribution in [0.1, 0.15) is 21.7 Å². The number of carboxylic acid groups (broad SMARTS) is 1. The second-order valence-electron chi connectivity index (χ2n) is 6.23. The van der Waals surface area contributed by atoms with Gasteiger partial charge in [0.2, 0.25) is 0 Å². The highest BCUT2D eigenvalue weighted by atomic mass is 16.5. The summed E-state index contributed by atoms with van der Waals surface area (Å²) in [6.45, 7) is -0.509. The van der Waals surface area contributed by atoms with Gasteiger partial charge in [-0.05, 0) is 17.7 Å². The molecule has 3 heterocycles. The summed E-state index contributed by atoms with van der Waals surface area (Å²) in [4.78, 5) is 22.9. The fourth-order valence-electron chi connectivity index (χ4n) is 3.33. The van der Waals surface area contributed by atoms with Crippen molar-refractivity contribution in [1.82, 2.24) is 14.6 Å². The van der Waals surface area contributed by atoms with Crippen molar-refractivity contribution < 1.29 is 19.4 Å². The van der Waals surface area contributed by atoms with Gasteiger partial charge in [-0.15, -0.1) is 5.10 Å². The van der Waals surface area contributed by atoms with E-state index in [0.717, 1.165) is 11.3 Å². The number of pyridine rings is 1. The molecule has 1 amide bonds. The van der Waals surface area contributed by atoms with E-state index >= 15 is 0 Å². The smallest absolute Gasteiger partial charge is 0.341 e.